The summed E-state index contributed by atoms with van der Waals surface area (Å²) in [6.45, 7) is 4.06. The molecule has 0 aliphatic carbocycles. The minimum atomic E-state index is -3.28. The molecule has 0 spiro atoms. The van der Waals surface area contributed by atoms with Crippen LogP contribution in [-0.2, 0) is 9.84 Å². The summed E-state index contributed by atoms with van der Waals surface area (Å²) in [4.78, 5) is 8.41. The lowest BCUT2D eigenvalue weighted by Gasteiger charge is -2.37. The number of hydrogen-bond acceptors (Lipinski definition) is 5. The van der Waals surface area contributed by atoms with Gasteiger partial charge in [0.05, 0.1) is 16.3 Å². The lowest BCUT2D eigenvalue weighted by Crippen LogP contribution is -2.47. The molecule has 7 heteroatoms. The molecule has 0 saturated carbocycles. The lowest BCUT2D eigenvalue weighted by molar-refractivity contribution is 0.584. The van der Waals surface area contributed by atoms with Crippen LogP contribution in [0.1, 0.15) is 6.92 Å². The van der Waals surface area contributed by atoms with E-state index in [2.05, 4.69) is 4.98 Å². The predicted molar refractivity (Wildman–Crippen MR) is 92.8 cm³/mol. The zero-order chi connectivity index (χ0) is 17.2. The van der Waals surface area contributed by atoms with Crippen molar-refractivity contribution in [2.24, 2.45) is 0 Å². The standard InChI is InChI=1S/C17H20FN3O2S/c1-2-24(22,23)16-8-4-3-7-15(16)20-10-12-21(13-11-20)17-14(18)6-5-9-19-17/h3-9H,2,10-13H2,1H3. The smallest absolute Gasteiger partial charge is 0.180 e. The van der Waals surface area contributed by atoms with Gasteiger partial charge in [0.2, 0.25) is 0 Å². The molecular weight excluding hydrogens is 329 g/mol. The Morgan fingerprint density at radius 3 is 2.38 bits per heavy atom. The predicted octanol–water partition coefficient (Wildman–Crippen LogP) is 2.34. The fraction of sp³-hybridized carbons (Fsp3) is 0.353. The van der Waals surface area contributed by atoms with E-state index in [0.717, 1.165) is 5.69 Å². The maximum Gasteiger partial charge on any atom is 0.180 e. The molecule has 1 aliphatic heterocycles. The number of hydrogen-bond donors (Lipinski definition) is 0. The van der Waals surface area contributed by atoms with Crippen LogP contribution in [0.4, 0.5) is 15.9 Å². The van der Waals surface area contributed by atoms with Gasteiger partial charge in [0, 0.05) is 32.4 Å². The van der Waals surface area contributed by atoms with E-state index in [9.17, 15) is 12.8 Å². The number of para-hydroxylation sites is 1. The molecule has 1 aromatic heterocycles. The Bertz CT molecular complexity index is 818. The van der Waals surface area contributed by atoms with Crippen LogP contribution in [0.3, 0.4) is 0 Å². The molecule has 1 aliphatic rings. The highest BCUT2D eigenvalue weighted by atomic mass is 32.2. The van der Waals surface area contributed by atoms with E-state index in [1.165, 1.54) is 6.07 Å². The maximum atomic E-state index is 13.9. The van der Waals surface area contributed by atoms with Crippen molar-refractivity contribution >= 4 is 21.3 Å². The van der Waals surface area contributed by atoms with Crippen molar-refractivity contribution in [2.45, 2.75) is 11.8 Å². The van der Waals surface area contributed by atoms with Crippen molar-refractivity contribution in [3.8, 4) is 0 Å². The van der Waals surface area contributed by atoms with Crippen LogP contribution in [0.15, 0.2) is 47.5 Å². The first kappa shape index (κ1) is 16.7. The largest absolute Gasteiger partial charge is 0.367 e. The zero-order valence-corrected chi connectivity index (χ0v) is 14.3. The number of anilines is 2. The average Bonchev–Trinajstić information content (AvgIpc) is 2.62. The third-order valence-corrected chi connectivity index (χ3v) is 6.01. The SMILES string of the molecule is CCS(=O)(=O)c1ccccc1N1CCN(c2ncccc2F)CC1. The number of aromatic nitrogens is 1. The summed E-state index contributed by atoms with van der Waals surface area (Å²) < 4.78 is 38.5. The summed E-state index contributed by atoms with van der Waals surface area (Å²) >= 11 is 0. The van der Waals surface area contributed by atoms with Crippen molar-refractivity contribution in [1.29, 1.82) is 0 Å². The fourth-order valence-corrected chi connectivity index (χ4v) is 4.02. The molecule has 0 amide bonds. The van der Waals surface area contributed by atoms with Crippen LogP contribution in [0.5, 0.6) is 0 Å². The minimum absolute atomic E-state index is 0.0725. The van der Waals surface area contributed by atoms with Gasteiger partial charge in [-0.3, -0.25) is 0 Å². The molecule has 5 nitrogen and oxygen atoms in total. The van der Waals surface area contributed by atoms with Crippen molar-refractivity contribution in [3.05, 3.63) is 48.4 Å². The van der Waals surface area contributed by atoms with E-state index in [-0.39, 0.29) is 11.6 Å². The monoisotopic (exact) mass is 349 g/mol. The fourth-order valence-electron chi connectivity index (χ4n) is 2.91. The van der Waals surface area contributed by atoms with Gasteiger partial charge in [0.15, 0.2) is 21.5 Å². The molecule has 128 valence electrons. The first-order valence-electron chi connectivity index (χ1n) is 7.95. The van der Waals surface area contributed by atoms with Crippen LogP contribution < -0.4 is 9.80 Å². The number of rotatable bonds is 4. The molecular formula is C17H20FN3O2S. The van der Waals surface area contributed by atoms with Crippen molar-refractivity contribution in [1.82, 2.24) is 4.98 Å². The Morgan fingerprint density at radius 1 is 1.04 bits per heavy atom. The summed E-state index contributed by atoms with van der Waals surface area (Å²) in [5, 5.41) is 0. The number of benzene rings is 1. The van der Waals surface area contributed by atoms with Gasteiger partial charge in [-0.1, -0.05) is 19.1 Å². The van der Waals surface area contributed by atoms with Gasteiger partial charge in [-0.15, -0.1) is 0 Å². The summed E-state index contributed by atoms with van der Waals surface area (Å²) in [5.74, 6) is 0.0925. The number of piperazine rings is 1. The minimum Gasteiger partial charge on any atom is -0.367 e. The van der Waals surface area contributed by atoms with Crippen LogP contribution >= 0.6 is 0 Å². The average molecular weight is 349 g/mol. The molecule has 1 aromatic carbocycles. The summed E-state index contributed by atoms with van der Waals surface area (Å²) in [5.41, 5.74) is 0.723. The molecule has 0 N–H and O–H groups in total. The molecule has 1 fully saturated rings. The molecule has 0 bridgehead atoms. The van der Waals surface area contributed by atoms with Gasteiger partial charge in [-0.2, -0.15) is 0 Å². The summed E-state index contributed by atoms with van der Waals surface area (Å²) in [6, 6.07) is 10.0. The molecule has 24 heavy (non-hydrogen) atoms. The van der Waals surface area contributed by atoms with Gasteiger partial charge in [-0.25, -0.2) is 17.8 Å². The van der Waals surface area contributed by atoms with Crippen LogP contribution in [-0.4, -0.2) is 45.3 Å². The molecule has 0 unspecified atom stereocenters. The van der Waals surface area contributed by atoms with Gasteiger partial charge in [0.1, 0.15) is 0 Å². The van der Waals surface area contributed by atoms with Crippen molar-refractivity contribution < 1.29 is 12.8 Å². The highest BCUT2D eigenvalue weighted by Gasteiger charge is 2.24. The topological polar surface area (TPSA) is 53.5 Å². The second-order valence-corrected chi connectivity index (χ2v) is 7.90. The zero-order valence-electron chi connectivity index (χ0n) is 13.5. The van der Waals surface area contributed by atoms with E-state index in [4.69, 9.17) is 0 Å². The summed E-state index contributed by atoms with van der Waals surface area (Å²) in [7, 11) is -3.28. The highest BCUT2D eigenvalue weighted by molar-refractivity contribution is 7.91. The van der Waals surface area contributed by atoms with Crippen LogP contribution in [0.2, 0.25) is 0 Å². The van der Waals surface area contributed by atoms with E-state index in [1.807, 2.05) is 21.9 Å². The lowest BCUT2D eigenvalue weighted by atomic mass is 10.2. The second kappa shape index (κ2) is 6.76. The number of sulfone groups is 1. The second-order valence-electron chi connectivity index (χ2n) is 5.65. The molecule has 0 radical (unpaired) electrons. The molecule has 1 saturated heterocycles. The Kier molecular flexibility index (Phi) is 4.71. The number of nitrogens with zero attached hydrogens (tertiary/aromatic N) is 3. The first-order chi connectivity index (χ1) is 11.5. The van der Waals surface area contributed by atoms with Crippen molar-refractivity contribution in [3.63, 3.8) is 0 Å². The normalized spacial score (nSPS) is 15.6. The molecule has 2 aromatic rings. The third-order valence-electron chi connectivity index (χ3n) is 4.24. The van der Waals surface area contributed by atoms with Crippen LogP contribution in [0.25, 0.3) is 0 Å². The van der Waals surface area contributed by atoms with Gasteiger partial charge >= 0.3 is 0 Å². The van der Waals surface area contributed by atoms with E-state index < -0.39 is 9.84 Å². The Hall–Kier alpha value is -2.15. The van der Waals surface area contributed by atoms with Crippen LogP contribution in [0, 0.1) is 5.82 Å². The molecule has 0 atom stereocenters. The molecule has 3 rings (SSSR count). The highest BCUT2D eigenvalue weighted by Crippen LogP contribution is 2.28. The molecule has 2 heterocycles. The third kappa shape index (κ3) is 3.21. The van der Waals surface area contributed by atoms with Gasteiger partial charge in [-0.05, 0) is 24.3 Å². The van der Waals surface area contributed by atoms with E-state index in [1.54, 1.807) is 31.3 Å². The Labute approximate surface area is 141 Å². The maximum absolute atomic E-state index is 13.9. The van der Waals surface area contributed by atoms with Crippen molar-refractivity contribution in [2.75, 3.05) is 41.7 Å². The number of pyridine rings is 1. The summed E-state index contributed by atoms with van der Waals surface area (Å²) in [6.07, 6.45) is 1.58. The Morgan fingerprint density at radius 2 is 1.71 bits per heavy atom. The van der Waals surface area contributed by atoms with E-state index >= 15 is 0 Å². The van der Waals surface area contributed by atoms with Gasteiger partial charge < -0.3 is 9.80 Å². The van der Waals surface area contributed by atoms with E-state index in [0.29, 0.717) is 36.9 Å². The Balaban J connectivity index is 1.80. The first-order valence-corrected chi connectivity index (χ1v) is 9.60. The number of halogens is 1. The van der Waals surface area contributed by atoms with Gasteiger partial charge in [0.25, 0.3) is 0 Å². The quantitative estimate of drug-likeness (QED) is 0.848.